The van der Waals surface area contributed by atoms with Gasteiger partial charge in [0.2, 0.25) is 0 Å². The van der Waals surface area contributed by atoms with Crippen LogP contribution in [0.25, 0.3) is 27.0 Å². The van der Waals surface area contributed by atoms with Crippen molar-refractivity contribution in [3.05, 3.63) is 82.8 Å². The summed E-state index contributed by atoms with van der Waals surface area (Å²) in [5, 5.41) is 9.29. The number of aryl methyl sites for hydroxylation is 2. The van der Waals surface area contributed by atoms with Gasteiger partial charge in [-0.15, -0.1) is 11.3 Å². The molecule has 1 amide bonds. The van der Waals surface area contributed by atoms with Crippen molar-refractivity contribution < 1.29 is 18.0 Å². The molecule has 0 saturated heterocycles. The number of hydrogen-bond donors (Lipinski definition) is 2. The summed E-state index contributed by atoms with van der Waals surface area (Å²) in [6.07, 6.45) is -1.24. The first-order valence-electron chi connectivity index (χ1n) is 10.8. The van der Waals surface area contributed by atoms with Crippen molar-refractivity contribution in [1.29, 1.82) is 0 Å². The van der Waals surface area contributed by atoms with Crippen molar-refractivity contribution in [3.8, 4) is 16.8 Å². The molecule has 0 radical (unpaired) electrons. The summed E-state index contributed by atoms with van der Waals surface area (Å²) in [7, 11) is 0. The van der Waals surface area contributed by atoms with Gasteiger partial charge >= 0.3 is 6.18 Å². The average molecular weight is 509 g/mol. The summed E-state index contributed by atoms with van der Waals surface area (Å²) < 4.78 is 41.6. The Balaban J connectivity index is 1.47. The van der Waals surface area contributed by atoms with Crippen LogP contribution in [0.4, 0.5) is 24.7 Å². The Bertz CT molecular complexity index is 1620. The maximum Gasteiger partial charge on any atom is 0.416 e. The number of aromatic nitrogens is 4. The second-order valence-corrected chi connectivity index (χ2v) is 9.07. The molecule has 0 aliphatic rings. The second kappa shape index (κ2) is 8.76. The topological polar surface area (TPSA) is 98.7 Å². The number of alkyl halides is 3. The number of nitrogens with two attached hydrogens (primary N) is 1. The number of anilines is 2. The highest BCUT2D eigenvalue weighted by Gasteiger charge is 2.31. The molecule has 3 heterocycles. The number of nitrogens with zero attached hydrogens (tertiary/aromatic N) is 4. The zero-order valence-corrected chi connectivity index (χ0v) is 19.9. The molecule has 0 saturated carbocycles. The van der Waals surface area contributed by atoms with E-state index in [2.05, 4.69) is 20.4 Å². The van der Waals surface area contributed by atoms with Crippen molar-refractivity contribution in [3.63, 3.8) is 0 Å². The van der Waals surface area contributed by atoms with E-state index in [-0.39, 0.29) is 5.56 Å². The van der Waals surface area contributed by atoms with Gasteiger partial charge in [-0.2, -0.15) is 18.3 Å². The Morgan fingerprint density at radius 2 is 1.89 bits per heavy atom. The molecule has 3 aromatic heterocycles. The zero-order chi connectivity index (χ0) is 25.6. The highest BCUT2D eigenvalue weighted by molar-refractivity contribution is 7.18. The normalized spacial score (nSPS) is 11.7. The third-order valence-corrected chi connectivity index (χ3v) is 6.73. The number of hydrogen-bond acceptors (Lipinski definition) is 6. The van der Waals surface area contributed by atoms with Gasteiger partial charge in [0.1, 0.15) is 12.1 Å². The number of carbonyl (C=O) groups excluding carboxylic acids is 1. The molecular weight excluding hydrogens is 489 g/mol. The smallest absolute Gasteiger partial charge is 0.382 e. The van der Waals surface area contributed by atoms with Crippen molar-refractivity contribution >= 4 is 39.0 Å². The first-order chi connectivity index (χ1) is 17.1. The van der Waals surface area contributed by atoms with E-state index in [1.165, 1.54) is 29.8 Å². The molecule has 0 atom stereocenters. The Hall–Kier alpha value is -4.25. The van der Waals surface area contributed by atoms with Gasteiger partial charge in [0, 0.05) is 34.0 Å². The minimum atomic E-state index is -4.53. The Kier molecular flexibility index (Phi) is 5.71. The lowest BCUT2D eigenvalue weighted by Crippen LogP contribution is -2.14. The standard InChI is InChI=1S/C25H19F3N6OS/c1-13-6-7-17(32-24(35)15-4-3-5-16(8-15)25(26,27)28)9-20(13)34-10-18(14(2)33-34)19-11-36-22-21(19)30-12-31-23(22)29/h3-12H,1-2H3,(H,32,35)(H2,29,30,31). The van der Waals surface area contributed by atoms with Crippen LogP contribution in [-0.4, -0.2) is 25.7 Å². The number of halogens is 3. The quantitative estimate of drug-likeness (QED) is 0.310. The molecule has 0 aliphatic heterocycles. The minimum Gasteiger partial charge on any atom is -0.382 e. The lowest BCUT2D eigenvalue weighted by Gasteiger charge is -2.12. The molecule has 0 spiro atoms. The highest BCUT2D eigenvalue weighted by Crippen LogP contribution is 2.36. The summed E-state index contributed by atoms with van der Waals surface area (Å²) >= 11 is 1.46. The molecule has 0 aliphatic carbocycles. The summed E-state index contributed by atoms with van der Waals surface area (Å²) in [6.45, 7) is 3.78. The number of rotatable bonds is 4. The largest absolute Gasteiger partial charge is 0.416 e. The van der Waals surface area contributed by atoms with E-state index >= 15 is 0 Å². The fourth-order valence-electron chi connectivity index (χ4n) is 3.88. The number of nitrogens with one attached hydrogen (secondary N) is 1. The van der Waals surface area contributed by atoms with Gasteiger partial charge in [0.15, 0.2) is 0 Å². The van der Waals surface area contributed by atoms with Crippen LogP contribution in [0.15, 0.2) is 60.4 Å². The van der Waals surface area contributed by atoms with Crippen molar-refractivity contribution in [2.24, 2.45) is 0 Å². The lowest BCUT2D eigenvalue weighted by atomic mass is 10.1. The SMILES string of the molecule is Cc1ccc(NC(=O)c2cccc(C(F)(F)F)c2)cc1-n1cc(-c2csc3c(N)ncnc23)c(C)n1. The van der Waals surface area contributed by atoms with Crippen LogP contribution in [0.1, 0.15) is 27.2 Å². The van der Waals surface area contributed by atoms with E-state index in [4.69, 9.17) is 5.73 Å². The molecular formula is C25H19F3N6OS. The molecule has 0 fully saturated rings. The summed E-state index contributed by atoms with van der Waals surface area (Å²) in [6, 6.07) is 9.52. The molecule has 5 rings (SSSR count). The molecule has 0 bridgehead atoms. The highest BCUT2D eigenvalue weighted by atomic mass is 32.1. The third-order valence-electron chi connectivity index (χ3n) is 5.74. The van der Waals surface area contributed by atoms with Gasteiger partial charge in [0.25, 0.3) is 5.91 Å². The van der Waals surface area contributed by atoms with Gasteiger partial charge in [-0.25, -0.2) is 14.6 Å². The van der Waals surface area contributed by atoms with Gasteiger partial charge in [-0.1, -0.05) is 12.1 Å². The van der Waals surface area contributed by atoms with Gasteiger partial charge in [0.05, 0.1) is 27.2 Å². The van der Waals surface area contributed by atoms with Crippen LogP contribution in [0.2, 0.25) is 0 Å². The molecule has 36 heavy (non-hydrogen) atoms. The van der Waals surface area contributed by atoms with Crippen LogP contribution in [0.5, 0.6) is 0 Å². The predicted octanol–water partition coefficient (Wildman–Crippen LogP) is 6.01. The van der Waals surface area contributed by atoms with Gasteiger partial charge in [-0.05, 0) is 49.7 Å². The molecule has 0 unspecified atom stereocenters. The number of thiophene rings is 1. The zero-order valence-electron chi connectivity index (χ0n) is 19.1. The van der Waals surface area contributed by atoms with E-state index in [0.717, 1.165) is 44.7 Å². The summed E-state index contributed by atoms with van der Waals surface area (Å²) in [5.74, 6) is -0.225. The van der Waals surface area contributed by atoms with Crippen molar-refractivity contribution in [1.82, 2.24) is 19.7 Å². The molecule has 3 N–H and O–H groups in total. The second-order valence-electron chi connectivity index (χ2n) is 8.19. The van der Waals surface area contributed by atoms with Crippen LogP contribution >= 0.6 is 11.3 Å². The maximum absolute atomic E-state index is 13.0. The van der Waals surface area contributed by atoms with Gasteiger partial charge < -0.3 is 11.1 Å². The van der Waals surface area contributed by atoms with E-state index in [1.54, 1.807) is 16.8 Å². The first-order valence-corrected chi connectivity index (χ1v) is 11.6. The summed E-state index contributed by atoms with van der Waals surface area (Å²) in [4.78, 5) is 21.1. The fraction of sp³-hybridized carbons (Fsp3) is 0.120. The van der Waals surface area contributed by atoms with E-state index in [0.29, 0.717) is 17.2 Å². The molecule has 2 aromatic carbocycles. The predicted molar refractivity (Wildman–Crippen MR) is 133 cm³/mol. The number of fused-ring (bicyclic) bond motifs is 1. The van der Waals surface area contributed by atoms with Crippen LogP contribution in [-0.2, 0) is 6.18 Å². The summed E-state index contributed by atoms with van der Waals surface area (Å²) in [5.41, 5.74) is 10.3. The number of carbonyl (C=O) groups is 1. The Labute approximate surface area is 207 Å². The Morgan fingerprint density at radius 1 is 1.08 bits per heavy atom. The van der Waals surface area contributed by atoms with Crippen LogP contribution in [0.3, 0.4) is 0 Å². The van der Waals surface area contributed by atoms with E-state index < -0.39 is 17.6 Å². The first kappa shape index (κ1) is 23.5. The monoisotopic (exact) mass is 508 g/mol. The van der Waals surface area contributed by atoms with Crippen LogP contribution < -0.4 is 11.1 Å². The number of amides is 1. The van der Waals surface area contributed by atoms with Crippen LogP contribution in [0, 0.1) is 13.8 Å². The molecule has 7 nitrogen and oxygen atoms in total. The third kappa shape index (κ3) is 4.29. The molecule has 182 valence electrons. The number of nitrogen functional groups attached to an aromatic ring is 1. The van der Waals surface area contributed by atoms with Gasteiger partial charge in [-0.3, -0.25) is 4.79 Å². The maximum atomic E-state index is 13.0. The number of benzene rings is 2. The average Bonchev–Trinajstić information content (AvgIpc) is 3.44. The minimum absolute atomic E-state index is 0.0882. The van der Waals surface area contributed by atoms with E-state index in [1.807, 2.05) is 31.5 Å². The van der Waals surface area contributed by atoms with E-state index in [9.17, 15) is 18.0 Å². The molecule has 5 aromatic rings. The Morgan fingerprint density at radius 3 is 2.67 bits per heavy atom. The van der Waals surface area contributed by atoms with Crippen molar-refractivity contribution in [2.45, 2.75) is 20.0 Å². The fourth-order valence-corrected chi connectivity index (χ4v) is 4.80. The molecule has 11 heteroatoms. The lowest BCUT2D eigenvalue weighted by molar-refractivity contribution is -0.137. The van der Waals surface area contributed by atoms with Crippen molar-refractivity contribution in [2.75, 3.05) is 11.1 Å².